The van der Waals surface area contributed by atoms with Crippen LogP contribution in [0.1, 0.15) is 0 Å². The zero-order valence-corrected chi connectivity index (χ0v) is 9.25. The molecule has 0 heterocycles. The topological polar surface area (TPSA) is 0 Å². The molecule has 0 aromatic carbocycles. The van der Waals surface area contributed by atoms with E-state index in [-0.39, 0.29) is 65.4 Å². The van der Waals surface area contributed by atoms with Crippen molar-refractivity contribution < 1.29 is 65.4 Å². The van der Waals surface area contributed by atoms with Gasteiger partial charge in [-0.3, -0.25) is 0 Å². The molecule has 28 valence electrons. The second-order valence-electron chi connectivity index (χ2n) is 0.354. The maximum Gasteiger partial charge on any atom is 0 e. The first-order valence-electron chi connectivity index (χ1n) is 0.957. The minimum atomic E-state index is 0. The fraction of sp³-hybridized carbons (Fsp3) is 0. The minimum Gasteiger partial charge on any atom is -0.525 e. The normalized spacial score (nSPS) is 2.00. The maximum atomic E-state index is 3.18. The summed E-state index contributed by atoms with van der Waals surface area (Å²) in [7, 11) is 0. The quantitative estimate of drug-likeness (QED) is 0.423. The van der Waals surface area contributed by atoms with Crippen LogP contribution in [0.5, 0.6) is 0 Å². The summed E-state index contributed by atoms with van der Waals surface area (Å²) in [5.41, 5.74) is 0. The third kappa shape index (κ3) is 17.8. The zero-order chi connectivity index (χ0) is 3.41. The molecule has 2 heteroatoms. The molecule has 2 radical (unpaired) electrons. The third-order valence-electron chi connectivity index (χ3n) is 0.125. The van der Waals surface area contributed by atoms with E-state index >= 15 is 0 Å². The summed E-state index contributed by atoms with van der Waals surface area (Å²) in [4.78, 5) is 0. The van der Waals surface area contributed by atoms with Crippen LogP contribution in [0.4, 0.5) is 0 Å². The molecule has 0 atom stereocenters. The van der Waals surface area contributed by atoms with Crippen molar-refractivity contribution >= 4 is 0 Å². The minimum absolute atomic E-state index is 0. The third-order valence-corrected chi connectivity index (χ3v) is 0.125. The van der Waals surface area contributed by atoms with Crippen molar-refractivity contribution in [1.29, 1.82) is 0 Å². The number of hydrogen-bond acceptors (Lipinski definition) is 0. The largest absolute Gasteiger partial charge is 0.525 e. The molecule has 0 bridgehead atoms. The Morgan fingerprint density at radius 3 is 1.00 bits per heavy atom. The Hall–Kier alpha value is 1.51. The second kappa shape index (κ2) is 16.0. The van der Waals surface area contributed by atoms with E-state index in [1.165, 1.54) is 0 Å². The molecule has 0 aromatic rings. The first-order chi connectivity index (χ1) is 1.91. The van der Waals surface area contributed by atoms with E-state index in [0.717, 1.165) is 0 Å². The summed E-state index contributed by atoms with van der Waals surface area (Å²) >= 11 is 0. The molecule has 0 N–H and O–H groups in total. The Morgan fingerprint density at radius 2 is 1.00 bits per heavy atom. The Balaban J connectivity index is -0.0000000450. The summed E-state index contributed by atoms with van der Waals surface area (Å²) in [6.45, 7) is 6.36. The van der Waals surface area contributed by atoms with Crippen molar-refractivity contribution in [1.82, 2.24) is 0 Å². The summed E-state index contributed by atoms with van der Waals surface area (Å²) in [6, 6.07) is 0. The number of hydrogen-bond donors (Lipinski definition) is 0. The van der Waals surface area contributed by atoms with Crippen LogP contribution in [-0.2, 0) is 65.4 Å². The average Bonchev–Trinajstić information content (AvgIpc) is 1.37. The molecule has 0 spiro atoms. The molecule has 0 aliphatic heterocycles. The van der Waals surface area contributed by atoms with Gasteiger partial charge in [0.1, 0.15) is 0 Å². The SMILES string of the molecule is [CH2-]C#C[CH2-].[Y].[Y]. The summed E-state index contributed by atoms with van der Waals surface area (Å²) in [5, 5.41) is 0. The van der Waals surface area contributed by atoms with Crippen LogP contribution in [0.3, 0.4) is 0 Å². The van der Waals surface area contributed by atoms with Crippen LogP contribution in [-0.4, -0.2) is 0 Å². The molecule has 0 aliphatic rings. The van der Waals surface area contributed by atoms with Crippen molar-refractivity contribution in [3.8, 4) is 11.8 Å². The summed E-state index contributed by atoms with van der Waals surface area (Å²) < 4.78 is 0. The van der Waals surface area contributed by atoms with Gasteiger partial charge in [-0.05, 0) is 0 Å². The standard InChI is InChI=1S/C4H4.2Y/c1-3-4-2;;/h1-2H2;;/q-2;;. The molecule has 0 unspecified atom stereocenters. The van der Waals surface area contributed by atoms with Gasteiger partial charge in [0.15, 0.2) is 0 Å². The van der Waals surface area contributed by atoms with Crippen molar-refractivity contribution in [3.63, 3.8) is 0 Å². The fourth-order valence-corrected chi connectivity index (χ4v) is 0. The van der Waals surface area contributed by atoms with E-state index in [9.17, 15) is 0 Å². The second-order valence-corrected chi connectivity index (χ2v) is 0.354. The van der Waals surface area contributed by atoms with Crippen LogP contribution in [0.2, 0.25) is 0 Å². The summed E-state index contributed by atoms with van der Waals surface area (Å²) in [6.07, 6.45) is 0. The molecule has 6 heavy (non-hydrogen) atoms. The van der Waals surface area contributed by atoms with E-state index in [0.29, 0.717) is 0 Å². The van der Waals surface area contributed by atoms with E-state index < -0.39 is 0 Å². The molecular formula is C4H4Y2-2. The molecular weight excluding hydrogens is 226 g/mol. The molecule has 0 saturated carbocycles. The van der Waals surface area contributed by atoms with Crippen LogP contribution in [0, 0.1) is 25.7 Å². The van der Waals surface area contributed by atoms with Gasteiger partial charge in [-0.2, -0.15) is 0 Å². The molecule has 0 nitrogen and oxygen atoms in total. The Bertz CT molecular complexity index is 42.3. The van der Waals surface area contributed by atoms with E-state index in [2.05, 4.69) is 25.7 Å². The van der Waals surface area contributed by atoms with E-state index in [1.54, 1.807) is 0 Å². The predicted octanol–water partition coefficient (Wildman–Crippen LogP) is 0.653. The van der Waals surface area contributed by atoms with Gasteiger partial charge >= 0.3 is 0 Å². The smallest absolute Gasteiger partial charge is 0 e. The van der Waals surface area contributed by atoms with Crippen molar-refractivity contribution in [2.24, 2.45) is 0 Å². The van der Waals surface area contributed by atoms with E-state index in [1.807, 2.05) is 0 Å². The van der Waals surface area contributed by atoms with Crippen molar-refractivity contribution in [2.75, 3.05) is 0 Å². The molecule has 0 saturated heterocycles. The fourth-order valence-electron chi connectivity index (χ4n) is 0. The van der Waals surface area contributed by atoms with Gasteiger partial charge in [-0.1, -0.05) is 0 Å². The van der Waals surface area contributed by atoms with Gasteiger partial charge in [-0.25, -0.2) is 0 Å². The van der Waals surface area contributed by atoms with Crippen LogP contribution >= 0.6 is 0 Å². The Morgan fingerprint density at radius 1 is 0.833 bits per heavy atom. The first-order valence-corrected chi connectivity index (χ1v) is 0.957. The molecule has 0 fully saturated rings. The zero-order valence-electron chi connectivity index (χ0n) is 3.57. The monoisotopic (exact) mass is 230 g/mol. The molecule has 0 aliphatic carbocycles. The first kappa shape index (κ1) is 15.6. The Kier molecular flexibility index (Phi) is 41.8. The summed E-state index contributed by atoms with van der Waals surface area (Å²) in [5.74, 6) is 4.64. The van der Waals surface area contributed by atoms with Gasteiger partial charge in [-0.15, -0.1) is 0 Å². The van der Waals surface area contributed by atoms with E-state index in [4.69, 9.17) is 0 Å². The van der Waals surface area contributed by atoms with Gasteiger partial charge in [0, 0.05) is 65.4 Å². The van der Waals surface area contributed by atoms with Crippen LogP contribution in [0.15, 0.2) is 0 Å². The van der Waals surface area contributed by atoms with Gasteiger partial charge in [0.2, 0.25) is 0 Å². The van der Waals surface area contributed by atoms with Gasteiger partial charge in [0.05, 0.1) is 0 Å². The van der Waals surface area contributed by atoms with Gasteiger partial charge in [0.25, 0.3) is 0 Å². The van der Waals surface area contributed by atoms with Crippen LogP contribution < -0.4 is 0 Å². The van der Waals surface area contributed by atoms with Gasteiger partial charge < -0.3 is 25.7 Å². The Labute approximate surface area is 89.6 Å². The van der Waals surface area contributed by atoms with Crippen molar-refractivity contribution in [3.05, 3.63) is 13.8 Å². The molecule has 0 rings (SSSR count). The molecule has 0 aromatic heterocycles. The molecule has 0 amide bonds. The van der Waals surface area contributed by atoms with Crippen LogP contribution in [0.25, 0.3) is 0 Å². The van der Waals surface area contributed by atoms with Crippen molar-refractivity contribution in [2.45, 2.75) is 0 Å². The number of rotatable bonds is 0. The average molecular weight is 230 g/mol. The maximum absolute atomic E-state index is 3.18. The predicted molar refractivity (Wildman–Crippen MR) is 18.5 cm³/mol.